The van der Waals surface area contributed by atoms with Crippen LogP contribution in [0.4, 0.5) is 0 Å². The minimum atomic E-state index is 0.364. The molecule has 0 aliphatic heterocycles. The van der Waals surface area contributed by atoms with Crippen molar-refractivity contribution < 1.29 is 9.48 Å². The summed E-state index contributed by atoms with van der Waals surface area (Å²) < 4.78 is 5.95. The Bertz CT molecular complexity index is 289. The summed E-state index contributed by atoms with van der Waals surface area (Å²) in [5, 5.41) is 11.1. The lowest BCUT2D eigenvalue weighted by Crippen LogP contribution is -2.17. The Hall–Kier alpha value is -1.51. The van der Waals surface area contributed by atoms with Gasteiger partial charge in [0.05, 0.1) is 12.2 Å². The van der Waals surface area contributed by atoms with Crippen LogP contribution in [0.5, 0.6) is 0 Å². The van der Waals surface area contributed by atoms with Crippen molar-refractivity contribution in [2.45, 2.75) is 6.92 Å². The van der Waals surface area contributed by atoms with E-state index in [9.17, 15) is 5.21 Å². The molecule has 1 aromatic carbocycles. The Morgan fingerprint density at radius 3 is 2.46 bits per heavy atom. The van der Waals surface area contributed by atoms with Gasteiger partial charge in [-0.3, -0.25) is 0 Å². The largest absolute Gasteiger partial charge is 0.621 e. The molecule has 0 spiro atoms. The second-order valence-corrected chi connectivity index (χ2v) is 2.60. The van der Waals surface area contributed by atoms with E-state index >= 15 is 0 Å². The highest BCUT2D eigenvalue weighted by Crippen LogP contribution is 2.01. The first-order valence-corrected chi connectivity index (χ1v) is 4.21. The Labute approximate surface area is 77.9 Å². The summed E-state index contributed by atoms with van der Waals surface area (Å²) in [6.45, 7) is 2.35. The van der Waals surface area contributed by atoms with E-state index in [4.69, 9.17) is 4.74 Å². The van der Waals surface area contributed by atoms with Crippen LogP contribution in [0.25, 0.3) is 0 Å². The van der Waals surface area contributed by atoms with E-state index < -0.39 is 0 Å². The molecule has 0 radical (unpaired) electrons. The van der Waals surface area contributed by atoms with Gasteiger partial charge in [0.25, 0.3) is 0 Å². The summed E-state index contributed by atoms with van der Waals surface area (Å²) in [5.41, 5.74) is 0.807. The summed E-state index contributed by atoms with van der Waals surface area (Å²) >= 11 is 0. The number of ether oxygens (including phenoxy) is 1. The molecule has 70 valence electrons. The van der Waals surface area contributed by atoms with Crippen molar-refractivity contribution in [2.24, 2.45) is 0 Å². The highest BCUT2D eigenvalue weighted by atomic mass is 16.5. The van der Waals surface area contributed by atoms with Crippen LogP contribution in [0, 0.1) is 5.21 Å². The number of benzene rings is 1. The molecule has 0 bridgehead atoms. The fourth-order valence-electron chi connectivity index (χ4n) is 1.07. The van der Waals surface area contributed by atoms with Crippen LogP contribution >= 0.6 is 0 Å². The van der Waals surface area contributed by atoms with E-state index in [0.717, 1.165) is 10.3 Å². The number of hydrogen-bond acceptors (Lipinski definition) is 2. The number of nitrogens with zero attached hydrogens (tertiary/aromatic N) is 1. The average Bonchev–Trinajstić information content (AvgIpc) is 2.15. The molecule has 1 rings (SSSR count). The zero-order valence-corrected chi connectivity index (χ0v) is 7.86. The van der Waals surface area contributed by atoms with Gasteiger partial charge >= 0.3 is 5.90 Å². The molecule has 0 atom stereocenters. The SMILES string of the molecule is CCOC(c1ccccc1)=[N+](C)[O-]. The summed E-state index contributed by atoms with van der Waals surface area (Å²) in [7, 11) is 1.43. The van der Waals surface area contributed by atoms with E-state index in [2.05, 4.69) is 0 Å². The van der Waals surface area contributed by atoms with Crippen molar-refractivity contribution in [3.05, 3.63) is 41.1 Å². The molecule has 13 heavy (non-hydrogen) atoms. The lowest BCUT2D eigenvalue weighted by atomic mass is 10.2. The molecule has 0 saturated carbocycles. The fraction of sp³-hybridized carbons (Fsp3) is 0.300. The maximum atomic E-state index is 11.1. The number of hydroxylamine groups is 1. The van der Waals surface area contributed by atoms with Crippen LogP contribution in [0.15, 0.2) is 30.3 Å². The number of hydrogen-bond donors (Lipinski definition) is 0. The van der Waals surface area contributed by atoms with Crippen molar-refractivity contribution in [3.63, 3.8) is 0 Å². The van der Waals surface area contributed by atoms with Gasteiger partial charge in [-0.1, -0.05) is 18.2 Å². The van der Waals surface area contributed by atoms with Crippen molar-refractivity contribution in [1.29, 1.82) is 0 Å². The average molecular weight is 179 g/mol. The first-order valence-electron chi connectivity index (χ1n) is 4.21. The normalized spacial score (nSPS) is 12.2. The lowest BCUT2D eigenvalue weighted by molar-refractivity contribution is -0.432. The molecule has 0 saturated heterocycles. The van der Waals surface area contributed by atoms with Crippen LogP contribution in [0.1, 0.15) is 12.5 Å². The first kappa shape index (κ1) is 9.58. The van der Waals surface area contributed by atoms with Crippen molar-refractivity contribution >= 4 is 5.90 Å². The zero-order chi connectivity index (χ0) is 9.68. The lowest BCUT2D eigenvalue weighted by Gasteiger charge is -2.06. The monoisotopic (exact) mass is 179 g/mol. The third-order valence-electron chi connectivity index (χ3n) is 1.59. The summed E-state index contributed by atoms with van der Waals surface area (Å²) in [6, 6.07) is 9.34. The van der Waals surface area contributed by atoms with Gasteiger partial charge in [0.15, 0.2) is 0 Å². The van der Waals surface area contributed by atoms with Gasteiger partial charge in [0, 0.05) is 0 Å². The standard InChI is InChI=1S/C10H13NO2/c1-3-13-10(11(2)12)9-7-5-4-6-8-9/h4-8H,3H2,1-2H3. The van der Waals surface area contributed by atoms with E-state index in [1.165, 1.54) is 7.05 Å². The van der Waals surface area contributed by atoms with Crippen LogP contribution in [0.3, 0.4) is 0 Å². The molecular weight excluding hydrogens is 166 g/mol. The Kier molecular flexibility index (Phi) is 3.31. The fourth-order valence-corrected chi connectivity index (χ4v) is 1.07. The molecule has 3 nitrogen and oxygen atoms in total. The van der Waals surface area contributed by atoms with Crippen LogP contribution in [-0.2, 0) is 4.74 Å². The van der Waals surface area contributed by atoms with E-state index in [-0.39, 0.29) is 0 Å². The third-order valence-corrected chi connectivity index (χ3v) is 1.59. The molecule has 3 heteroatoms. The maximum Gasteiger partial charge on any atom is 0.381 e. The highest BCUT2D eigenvalue weighted by Gasteiger charge is 2.10. The molecule has 0 fully saturated rings. The molecule has 0 aliphatic rings. The molecular formula is C10H13NO2. The highest BCUT2D eigenvalue weighted by molar-refractivity contribution is 5.90. The molecule has 0 heterocycles. The van der Waals surface area contributed by atoms with Gasteiger partial charge in [-0.25, -0.2) is 0 Å². The minimum Gasteiger partial charge on any atom is -0.621 e. The summed E-state index contributed by atoms with van der Waals surface area (Å²) in [6.07, 6.45) is 0. The summed E-state index contributed by atoms with van der Waals surface area (Å²) in [5.74, 6) is 0.364. The van der Waals surface area contributed by atoms with Crippen LogP contribution in [0.2, 0.25) is 0 Å². The molecule has 0 N–H and O–H groups in total. The second-order valence-electron chi connectivity index (χ2n) is 2.60. The number of rotatable bonds is 2. The smallest absolute Gasteiger partial charge is 0.381 e. The van der Waals surface area contributed by atoms with Crippen LogP contribution < -0.4 is 0 Å². The predicted octanol–water partition coefficient (Wildman–Crippen LogP) is 1.61. The van der Waals surface area contributed by atoms with Gasteiger partial charge in [-0.15, -0.1) is 0 Å². The third kappa shape index (κ3) is 2.47. The summed E-state index contributed by atoms with van der Waals surface area (Å²) in [4.78, 5) is 0. The Balaban J connectivity index is 2.97. The van der Waals surface area contributed by atoms with Crippen molar-refractivity contribution in [1.82, 2.24) is 0 Å². The van der Waals surface area contributed by atoms with Crippen molar-refractivity contribution in [3.8, 4) is 0 Å². The second kappa shape index (κ2) is 4.50. The van der Waals surface area contributed by atoms with E-state index in [1.807, 2.05) is 37.3 Å². The predicted molar refractivity (Wildman–Crippen MR) is 51.7 cm³/mol. The van der Waals surface area contributed by atoms with E-state index in [1.54, 1.807) is 0 Å². The van der Waals surface area contributed by atoms with E-state index in [0.29, 0.717) is 12.5 Å². The van der Waals surface area contributed by atoms with Crippen LogP contribution in [-0.4, -0.2) is 24.3 Å². The van der Waals surface area contributed by atoms with Gasteiger partial charge in [0.2, 0.25) is 0 Å². The topological polar surface area (TPSA) is 35.3 Å². The van der Waals surface area contributed by atoms with Gasteiger partial charge in [-0.2, -0.15) is 4.74 Å². The molecule has 0 aliphatic carbocycles. The maximum absolute atomic E-state index is 11.1. The first-order chi connectivity index (χ1) is 6.25. The van der Waals surface area contributed by atoms with Gasteiger partial charge in [0.1, 0.15) is 7.05 Å². The van der Waals surface area contributed by atoms with Crippen molar-refractivity contribution in [2.75, 3.05) is 13.7 Å². The van der Waals surface area contributed by atoms with Gasteiger partial charge < -0.3 is 9.94 Å². The molecule has 0 aromatic heterocycles. The molecule has 1 aromatic rings. The molecule has 0 amide bonds. The van der Waals surface area contributed by atoms with Gasteiger partial charge in [-0.05, 0) is 19.1 Å². The quantitative estimate of drug-likeness (QED) is 0.227. The molecule has 0 unspecified atom stereocenters. The Morgan fingerprint density at radius 2 is 2.00 bits per heavy atom. The Morgan fingerprint density at radius 1 is 1.38 bits per heavy atom. The zero-order valence-electron chi connectivity index (χ0n) is 7.86. The minimum absolute atomic E-state index is 0.364.